The molecule has 1 aliphatic heterocycles. The minimum atomic E-state index is -1.24. The Morgan fingerprint density at radius 2 is 1.87 bits per heavy atom. The van der Waals surface area contributed by atoms with Gasteiger partial charge in [0.15, 0.2) is 0 Å². The van der Waals surface area contributed by atoms with Gasteiger partial charge in [-0.15, -0.1) is 0 Å². The predicted molar refractivity (Wildman–Crippen MR) is 83.3 cm³/mol. The molecule has 3 unspecified atom stereocenters. The molecule has 1 aromatic rings. The van der Waals surface area contributed by atoms with Crippen LogP contribution in [-0.4, -0.2) is 35.2 Å². The molecule has 6 heteroatoms. The van der Waals surface area contributed by atoms with Gasteiger partial charge < -0.3 is 10.4 Å². The Labute approximate surface area is 135 Å². The highest BCUT2D eigenvalue weighted by atomic mass is 16.3. The number of aliphatic hydroxyl groups is 1. The van der Waals surface area contributed by atoms with E-state index in [2.05, 4.69) is 10.2 Å². The largest absolute Gasteiger partial charge is 0.372 e. The lowest BCUT2D eigenvalue weighted by Crippen LogP contribution is -2.45. The number of nitrogens with one attached hydrogen (secondary N) is 1. The van der Waals surface area contributed by atoms with Gasteiger partial charge in [0.25, 0.3) is 0 Å². The molecular formula is C17H20N4O2. The summed E-state index contributed by atoms with van der Waals surface area (Å²) in [6.07, 6.45) is -0.374. The van der Waals surface area contributed by atoms with Gasteiger partial charge in [-0.25, -0.2) is 0 Å². The smallest absolute Gasteiger partial charge is 0.239 e. The van der Waals surface area contributed by atoms with Crippen LogP contribution < -0.4 is 5.32 Å². The number of amides is 1. The number of nitrogens with zero attached hydrogens (tertiary/aromatic N) is 3. The predicted octanol–water partition coefficient (Wildman–Crippen LogP) is 0.997. The summed E-state index contributed by atoms with van der Waals surface area (Å²) in [4.78, 5) is 14.1. The fraction of sp³-hybridized carbons (Fsp3) is 0.471. The molecular weight excluding hydrogens is 292 g/mol. The van der Waals surface area contributed by atoms with Gasteiger partial charge in [0.05, 0.1) is 18.1 Å². The lowest BCUT2D eigenvalue weighted by atomic mass is 10.00. The van der Waals surface area contributed by atoms with E-state index >= 15 is 0 Å². The Morgan fingerprint density at radius 3 is 2.52 bits per heavy atom. The zero-order valence-electron chi connectivity index (χ0n) is 12.9. The van der Waals surface area contributed by atoms with Crippen molar-refractivity contribution in [2.24, 2.45) is 11.8 Å². The van der Waals surface area contributed by atoms with Crippen molar-refractivity contribution >= 4 is 5.91 Å². The summed E-state index contributed by atoms with van der Waals surface area (Å²) < 4.78 is 0. The molecule has 0 spiro atoms. The first-order valence-corrected chi connectivity index (χ1v) is 7.68. The number of rotatable bonds is 2. The van der Waals surface area contributed by atoms with Crippen LogP contribution in [0.4, 0.5) is 0 Å². The zero-order chi connectivity index (χ0) is 16.7. The number of carbonyl (C=O) groups excluding carboxylic acids is 1. The SMILES string of the molecule is N#CC1CCN(Cc2ccccc2)CCC(C#N)C(O)NC1=O. The van der Waals surface area contributed by atoms with Gasteiger partial charge in [-0.1, -0.05) is 30.3 Å². The molecule has 1 aliphatic rings. The second-order valence-corrected chi connectivity index (χ2v) is 5.71. The van der Waals surface area contributed by atoms with Gasteiger partial charge >= 0.3 is 0 Å². The third kappa shape index (κ3) is 4.79. The standard InChI is InChI=1S/C17H20N4O2/c18-10-14-6-8-21(12-13-4-2-1-3-5-13)9-7-15(11-19)17(23)20-16(14)22/h1-5,14-16,22H,6-9,12H2,(H,20,23). The highest BCUT2D eigenvalue weighted by Crippen LogP contribution is 2.15. The summed E-state index contributed by atoms with van der Waals surface area (Å²) in [7, 11) is 0. The summed E-state index contributed by atoms with van der Waals surface area (Å²) in [5.41, 5.74) is 1.14. The second-order valence-electron chi connectivity index (χ2n) is 5.71. The molecule has 0 radical (unpaired) electrons. The Bertz CT molecular complexity index is 605. The van der Waals surface area contributed by atoms with Crippen LogP contribution >= 0.6 is 0 Å². The van der Waals surface area contributed by atoms with E-state index in [4.69, 9.17) is 5.26 Å². The quantitative estimate of drug-likeness (QED) is 0.848. The maximum atomic E-state index is 12.0. The lowest BCUT2D eigenvalue weighted by molar-refractivity contribution is -0.127. The van der Waals surface area contributed by atoms with Crippen molar-refractivity contribution in [1.29, 1.82) is 10.5 Å². The Hall–Kier alpha value is -2.41. The third-order valence-electron chi connectivity index (χ3n) is 4.05. The van der Waals surface area contributed by atoms with E-state index in [1.54, 1.807) is 0 Å². The number of benzene rings is 1. The van der Waals surface area contributed by atoms with Crippen LogP contribution in [0.5, 0.6) is 0 Å². The van der Waals surface area contributed by atoms with Crippen LogP contribution in [0.1, 0.15) is 18.4 Å². The molecule has 2 rings (SSSR count). The minimum Gasteiger partial charge on any atom is -0.372 e. The van der Waals surface area contributed by atoms with Gasteiger partial charge in [-0.3, -0.25) is 9.69 Å². The van der Waals surface area contributed by atoms with E-state index in [1.807, 2.05) is 42.5 Å². The molecule has 6 nitrogen and oxygen atoms in total. The normalized spacial score (nSPS) is 26.6. The molecule has 0 bridgehead atoms. The maximum absolute atomic E-state index is 12.0. The molecule has 1 fully saturated rings. The molecule has 0 aromatic heterocycles. The van der Waals surface area contributed by atoms with Gasteiger partial charge in [0.1, 0.15) is 12.1 Å². The van der Waals surface area contributed by atoms with E-state index in [1.165, 1.54) is 0 Å². The lowest BCUT2D eigenvalue weighted by Gasteiger charge is -2.28. The Morgan fingerprint density at radius 1 is 1.17 bits per heavy atom. The fourth-order valence-corrected chi connectivity index (χ4v) is 2.64. The minimum absolute atomic E-state index is 0.402. The average Bonchev–Trinajstić information content (AvgIpc) is 2.56. The highest BCUT2D eigenvalue weighted by molar-refractivity contribution is 5.81. The molecule has 120 valence electrons. The molecule has 1 aromatic carbocycles. The van der Waals surface area contributed by atoms with Crippen LogP contribution in [0.25, 0.3) is 0 Å². The van der Waals surface area contributed by atoms with Crippen molar-refractivity contribution in [1.82, 2.24) is 10.2 Å². The summed E-state index contributed by atoms with van der Waals surface area (Å²) in [5.74, 6) is -2.02. The van der Waals surface area contributed by atoms with Crippen molar-refractivity contribution in [2.45, 2.75) is 25.6 Å². The van der Waals surface area contributed by atoms with Crippen molar-refractivity contribution in [3.8, 4) is 12.1 Å². The molecule has 3 atom stereocenters. The van der Waals surface area contributed by atoms with Gasteiger partial charge in [-0.2, -0.15) is 10.5 Å². The zero-order valence-corrected chi connectivity index (χ0v) is 12.9. The van der Waals surface area contributed by atoms with Crippen molar-refractivity contribution < 1.29 is 9.90 Å². The summed E-state index contributed by atoms with van der Waals surface area (Å²) >= 11 is 0. The van der Waals surface area contributed by atoms with Crippen molar-refractivity contribution in [3.63, 3.8) is 0 Å². The van der Waals surface area contributed by atoms with Crippen LogP contribution in [0.15, 0.2) is 30.3 Å². The molecule has 1 saturated heterocycles. The number of hydrogen-bond acceptors (Lipinski definition) is 5. The van der Waals surface area contributed by atoms with E-state index in [0.717, 1.165) is 5.56 Å². The Balaban J connectivity index is 2.12. The molecule has 1 amide bonds. The number of nitriles is 2. The molecule has 0 saturated carbocycles. The molecule has 0 aliphatic carbocycles. The monoisotopic (exact) mass is 312 g/mol. The average molecular weight is 312 g/mol. The second kappa shape index (κ2) is 8.28. The maximum Gasteiger partial charge on any atom is 0.239 e. The number of carbonyl (C=O) groups is 1. The third-order valence-corrected chi connectivity index (χ3v) is 4.05. The molecule has 1 heterocycles. The fourth-order valence-electron chi connectivity index (χ4n) is 2.64. The van der Waals surface area contributed by atoms with E-state index in [-0.39, 0.29) is 0 Å². The van der Waals surface area contributed by atoms with Gasteiger partial charge in [-0.05, 0) is 24.9 Å². The van der Waals surface area contributed by atoms with Crippen LogP contribution in [0.2, 0.25) is 0 Å². The summed E-state index contributed by atoms with van der Waals surface area (Å²) in [6.45, 7) is 1.90. The van der Waals surface area contributed by atoms with Crippen molar-refractivity contribution in [3.05, 3.63) is 35.9 Å². The van der Waals surface area contributed by atoms with Crippen molar-refractivity contribution in [2.75, 3.05) is 13.1 Å². The number of hydrogen-bond donors (Lipinski definition) is 2. The van der Waals surface area contributed by atoms with E-state index in [0.29, 0.717) is 32.5 Å². The summed E-state index contributed by atoms with van der Waals surface area (Å²) in [6, 6.07) is 13.9. The Kier molecular flexibility index (Phi) is 6.10. The first-order valence-electron chi connectivity index (χ1n) is 7.68. The van der Waals surface area contributed by atoms with Crippen LogP contribution in [0, 0.1) is 34.5 Å². The first-order chi connectivity index (χ1) is 11.1. The molecule has 2 N–H and O–H groups in total. The first kappa shape index (κ1) is 17.0. The van der Waals surface area contributed by atoms with Gasteiger partial charge in [0.2, 0.25) is 5.91 Å². The topological polar surface area (TPSA) is 100 Å². The molecule has 23 heavy (non-hydrogen) atoms. The highest BCUT2D eigenvalue weighted by Gasteiger charge is 2.28. The van der Waals surface area contributed by atoms with E-state index < -0.39 is 24.0 Å². The van der Waals surface area contributed by atoms with Crippen LogP contribution in [-0.2, 0) is 11.3 Å². The van der Waals surface area contributed by atoms with Gasteiger partial charge in [0, 0.05) is 13.1 Å². The summed E-state index contributed by atoms with van der Waals surface area (Å²) in [5, 5.41) is 30.7. The number of aliphatic hydroxyl groups excluding tert-OH is 1. The van der Waals surface area contributed by atoms with Crippen LogP contribution in [0.3, 0.4) is 0 Å². The van der Waals surface area contributed by atoms with E-state index in [9.17, 15) is 15.2 Å².